The molecule has 0 bridgehead atoms. The number of hydrogen-bond acceptors (Lipinski definition) is 1. The minimum atomic E-state index is 1.09. The van der Waals surface area contributed by atoms with Crippen molar-refractivity contribution < 1.29 is 0 Å². The molecule has 0 amide bonds. The molecule has 1 heteroatoms. The second kappa shape index (κ2) is 5.90. The van der Waals surface area contributed by atoms with Crippen molar-refractivity contribution in [3.63, 3.8) is 0 Å². The SMILES string of the molecule is CCC.Cc1ccnc(C)c1. The van der Waals surface area contributed by atoms with E-state index in [1.165, 1.54) is 12.0 Å². The van der Waals surface area contributed by atoms with Gasteiger partial charge in [-0.25, -0.2) is 0 Å². The van der Waals surface area contributed by atoms with Crippen LogP contribution >= 0.6 is 0 Å². The van der Waals surface area contributed by atoms with Gasteiger partial charge >= 0.3 is 0 Å². The zero-order chi connectivity index (χ0) is 8.69. The first-order valence-corrected chi connectivity index (χ1v) is 4.10. The molecule has 1 aromatic heterocycles. The Labute approximate surface area is 69.5 Å². The molecule has 1 nitrogen and oxygen atoms in total. The molecule has 0 aliphatic heterocycles. The van der Waals surface area contributed by atoms with E-state index in [0.29, 0.717) is 0 Å². The Morgan fingerprint density at radius 1 is 1.27 bits per heavy atom. The van der Waals surface area contributed by atoms with E-state index >= 15 is 0 Å². The van der Waals surface area contributed by atoms with E-state index in [0.717, 1.165) is 5.69 Å². The molecule has 0 saturated carbocycles. The van der Waals surface area contributed by atoms with E-state index < -0.39 is 0 Å². The van der Waals surface area contributed by atoms with Gasteiger partial charge in [-0.2, -0.15) is 0 Å². The summed E-state index contributed by atoms with van der Waals surface area (Å²) in [6.45, 7) is 8.31. The fourth-order valence-corrected chi connectivity index (χ4v) is 0.687. The highest BCUT2D eigenvalue weighted by atomic mass is 14.6. The summed E-state index contributed by atoms with van der Waals surface area (Å²) in [5.41, 5.74) is 2.36. The van der Waals surface area contributed by atoms with Crippen LogP contribution in [-0.2, 0) is 0 Å². The molecule has 0 unspecified atom stereocenters. The number of pyridine rings is 1. The molecule has 0 aromatic carbocycles. The van der Waals surface area contributed by atoms with Gasteiger partial charge in [0.1, 0.15) is 0 Å². The Kier molecular flexibility index (Phi) is 5.44. The largest absolute Gasteiger partial charge is 0.262 e. The molecule has 1 rings (SSSR count). The highest BCUT2D eigenvalue weighted by Crippen LogP contribution is 1.95. The lowest BCUT2D eigenvalue weighted by Crippen LogP contribution is -1.78. The zero-order valence-corrected chi connectivity index (χ0v) is 7.89. The summed E-state index contributed by atoms with van der Waals surface area (Å²) in [6.07, 6.45) is 3.07. The summed E-state index contributed by atoms with van der Waals surface area (Å²) in [6, 6.07) is 4.05. The molecule has 11 heavy (non-hydrogen) atoms. The average Bonchev–Trinajstić information content (AvgIpc) is 1.88. The van der Waals surface area contributed by atoms with Crippen LogP contribution in [0, 0.1) is 13.8 Å². The summed E-state index contributed by atoms with van der Waals surface area (Å²) >= 11 is 0. The number of aromatic nitrogens is 1. The van der Waals surface area contributed by atoms with E-state index in [9.17, 15) is 0 Å². The first-order valence-electron chi connectivity index (χ1n) is 4.10. The van der Waals surface area contributed by atoms with Crippen LogP contribution in [0.3, 0.4) is 0 Å². The molecule has 0 saturated heterocycles. The van der Waals surface area contributed by atoms with Gasteiger partial charge in [-0.15, -0.1) is 0 Å². The minimum Gasteiger partial charge on any atom is -0.262 e. The van der Waals surface area contributed by atoms with Gasteiger partial charge in [-0.1, -0.05) is 20.3 Å². The predicted molar refractivity (Wildman–Crippen MR) is 49.7 cm³/mol. The third-order valence-corrected chi connectivity index (χ3v) is 1.05. The van der Waals surface area contributed by atoms with Gasteiger partial charge in [0, 0.05) is 11.9 Å². The summed E-state index contributed by atoms with van der Waals surface area (Å²) < 4.78 is 0. The van der Waals surface area contributed by atoms with Crippen LogP contribution in [0.1, 0.15) is 31.5 Å². The van der Waals surface area contributed by atoms with Crippen molar-refractivity contribution in [3.8, 4) is 0 Å². The second-order valence-electron chi connectivity index (χ2n) is 2.68. The number of aryl methyl sites for hydroxylation is 2. The van der Waals surface area contributed by atoms with E-state index in [1.54, 1.807) is 0 Å². The van der Waals surface area contributed by atoms with E-state index in [1.807, 2.05) is 19.2 Å². The van der Waals surface area contributed by atoms with Crippen LogP contribution in [0.4, 0.5) is 0 Å². The van der Waals surface area contributed by atoms with Crippen molar-refractivity contribution >= 4 is 0 Å². The molecule has 1 aromatic rings. The summed E-state index contributed by atoms with van der Waals surface area (Å²) in [4.78, 5) is 4.04. The Bertz CT molecular complexity index is 177. The predicted octanol–water partition coefficient (Wildman–Crippen LogP) is 3.11. The average molecular weight is 151 g/mol. The van der Waals surface area contributed by atoms with E-state index in [4.69, 9.17) is 0 Å². The van der Waals surface area contributed by atoms with Crippen molar-refractivity contribution in [3.05, 3.63) is 29.6 Å². The highest BCUT2D eigenvalue weighted by molar-refractivity contribution is 5.12. The molecule has 0 fully saturated rings. The lowest BCUT2D eigenvalue weighted by molar-refractivity contribution is 1.09. The van der Waals surface area contributed by atoms with Gasteiger partial charge in [0.05, 0.1) is 0 Å². The molecule has 0 radical (unpaired) electrons. The summed E-state index contributed by atoms with van der Waals surface area (Å²) in [5, 5.41) is 0. The van der Waals surface area contributed by atoms with Crippen molar-refractivity contribution in [2.45, 2.75) is 34.1 Å². The molecular formula is C10H17N. The van der Waals surface area contributed by atoms with Crippen molar-refractivity contribution in [2.24, 2.45) is 0 Å². The van der Waals surface area contributed by atoms with Gasteiger partial charge < -0.3 is 0 Å². The maximum atomic E-state index is 4.04. The Hall–Kier alpha value is -0.850. The van der Waals surface area contributed by atoms with Gasteiger partial charge in [0.25, 0.3) is 0 Å². The van der Waals surface area contributed by atoms with E-state index in [2.05, 4.69) is 31.8 Å². The van der Waals surface area contributed by atoms with Crippen molar-refractivity contribution in [1.82, 2.24) is 4.98 Å². The Balaban J connectivity index is 0.000000292. The molecule has 62 valence electrons. The van der Waals surface area contributed by atoms with Crippen LogP contribution in [0.25, 0.3) is 0 Å². The van der Waals surface area contributed by atoms with Crippen LogP contribution in [0.15, 0.2) is 18.3 Å². The minimum absolute atomic E-state index is 1.09. The molecule has 0 spiro atoms. The normalized spacial score (nSPS) is 8.36. The van der Waals surface area contributed by atoms with Crippen molar-refractivity contribution in [2.75, 3.05) is 0 Å². The lowest BCUT2D eigenvalue weighted by Gasteiger charge is -1.90. The highest BCUT2D eigenvalue weighted by Gasteiger charge is 1.82. The van der Waals surface area contributed by atoms with Crippen LogP contribution < -0.4 is 0 Å². The monoisotopic (exact) mass is 151 g/mol. The quantitative estimate of drug-likeness (QED) is 0.555. The summed E-state index contributed by atoms with van der Waals surface area (Å²) in [7, 11) is 0. The number of rotatable bonds is 0. The maximum Gasteiger partial charge on any atom is 0.0375 e. The molecule has 1 heterocycles. The van der Waals surface area contributed by atoms with Gasteiger partial charge in [-0.3, -0.25) is 4.98 Å². The molecule has 0 N–H and O–H groups in total. The zero-order valence-electron chi connectivity index (χ0n) is 7.89. The third kappa shape index (κ3) is 5.59. The van der Waals surface area contributed by atoms with Crippen LogP contribution in [0.2, 0.25) is 0 Å². The standard InChI is InChI=1S/C7H9N.C3H8/c1-6-3-4-8-7(2)5-6;1-3-2/h3-5H,1-2H3;3H2,1-2H3. The summed E-state index contributed by atoms with van der Waals surface area (Å²) in [5.74, 6) is 0. The fourth-order valence-electron chi connectivity index (χ4n) is 0.687. The topological polar surface area (TPSA) is 12.9 Å². The molecule has 0 aliphatic rings. The fraction of sp³-hybridized carbons (Fsp3) is 0.500. The number of hydrogen-bond donors (Lipinski definition) is 0. The second-order valence-corrected chi connectivity index (χ2v) is 2.68. The van der Waals surface area contributed by atoms with Crippen molar-refractivity contribution in [1.29, 1.82) is 0 Å². The van der Waals surface area contributed by atoms with Gasteiger partial charge in [-0.05, 0) is 31.5 Å². The molecule has 0 atom stereocenters. The molecule has 0 aliphatic carbocycles. The third-order valence-electron chi connectivity index (χ3n) is 1.05. The van der Waals surface area contributed by atoms with E-state index in [-0.39, 0.29) is 0 Å². The first-order chi connectivity index (χ1) is 5.20. The van der Waals surface area contributed by atoms with Gasteiger partial charge in [0.15, 0.2) is 0 Å². The Morgan fingerprint density at radius 3 is 2.09 bits per heavy atom. The first kappa shape index (κ1) is 10.2. The smallest absolute Gasteiger partial charge is 0.0375 e. The molecular weight excluding hydrogens is 134 g/mol. The van der Waals surface area contributed by atoms with Gasteiger partial charge in [0.2, 0.25) is 0 Å². The Morgan fingerprint density at radius 2 is 1.82 bits per heavy atom. The lowest BCUT2D eigenvalue weighted by atomic mass is 10.3. The van der Waals surface area contributed by atoms with Crippen LogP contribution in [-0.4, -0.2) is 4.98 Å². The maximum absolute atomic E-state index is 4.04. The number of nitrogens with zero attached hydrogens (tertiary/aromatic N) is 1. The van der Waals surface area contributed by atoms with Crippen LogP contribution in [0.5, 0.6) is 0 Å².